The highest BCUT2D eigenvalue weighted by Crippen LogP contribution is 2.44. The van der Waals surface area contributed by atoms with Crippen LogP contribution in [0.5, 0.6) is 0 Å². The molecule has 10 heteroatoms. The second-order valence-corrected chi connectivity index (χ2v) is 9.28. The molecule has 0 aliphatic heterocycles. The van der Waals surface area contributed by atoms with Gasteiger partial charge in [0.1, 0.15) is 25.3 Å². The van der Waals surface area contributed by atoms with Crippen LogP contribution in [0.4, 0.5) is 4.79 Å². The number of hydrogen-bond acceptors (Lipinski definition) is 7. The third-order valence-corrected chi connectivity index (χ3v) is 6.60. The number of alkyl carbamates (subject to hydrolysis) is 1. The Hall–Kier alpha value is -4.70. The van der Waals surface area contributed by atoms with Gasteiger partial charge in [0.05, 0.1) is 6.42 Å². The summed E-state index contributed by atoms with van der Waals surface area (Å²) in [6, 6.07) is 21.6. The third kappa shape index (κ3) is 7.03. The molecule has 2 atom stereocenters. The van der Waals surface area contributed by atoms with Crippen molar-refractivity contribution in [3.8, 4) is 11.1 Å². The molecule has 0 bridgehead atoms. The molecule has 0 fully saturated rings. The minimum atomic E-state index is -1.47. The van der Waals surface area contributed by atoms with Gasteiger partial charge in [-0.2, -0.15) is 0 Å². The molecule has 2 amide bonds. The van der Waals surface area contributed by atoms with Crippen LogP contribution in [0.15, 0.2) is 78.9 Å². The van der Waals surface area contributed by atoms with E-state index < -0.39 is 49.1 Å². The molecule has 1 aliphatic rings. The van der Waals surface area contributed by atoms with Gasteiger partial charge in [0, 0.05) is 18.9 Å². The van der Waals surface area contributed by atoms with Gasteiger partial charge >= 0.3 is 18.0 Å². The van der Waals surface area contributed by atoms with E-state index in [0.717, 1.165) is 27.8 Å². The summed E-state index contributed by atoms with van der Waals surface area (Å²) < 4.78 is 10.7. The first kappa shape index (κ1) is 28.3. The molecule has 0 saturated carbocycles. The zero-order valence-electron chi connectivity index (χ0n) is 21.6. The number of rotatable bonds is 12. The van der Waals surface area contributed by atoms with Crippen LogP contribution in [0, 0.1) is 0 Å². The van der Waals surface area contributed by atoms with Crippen LogP contribution >= 0.6 is 0 Å². The van der Waals surface area contributed by atoms with Gasteiger partial charge in [-0.1, -0.05) is 78.9 Å². The fourth-order valence-corrected chi connectivity index (χ4v) is 4.61. The van der Waals surface area contributed by atoms with E-state index in [-0.39, 0.29) is 25.6 Å². The Morgan fingerprint density at radius 1 is 0.775 bits per heavy atom. The van der Waals surface area contributed by atoms with Gasteiger partial charge in [-0.15, -0.1) is 0 Å². The van der Waals surface area contributed by atoms with E-state index in [1.54, 1.807) is 24.3 Å². The van der Waals surface area contributed by atoms with Crippen molar-refractivity contribution in [1.29, 1.82) is 0 Å². The number of amides is 2. The summed E-state index contributed by atoms with van der Waals surface area (Å²) >= 11 is 0. The monoisotopic (exact) mass is 546 g/mol. The van der Waals surface area contributed by atoms with Crippen molar-refractivity contribution in [3.63, 3.8) is 0 Å². The molecule has 0 heterocycles. The van der Waals surface area contributed by atoms with Crippen molar-refractivity contribution < 1.29 is 38.9 Å². The SMILES string of the molecule is O=C(C[C@H](NC(=O)OCC1c2ccccc2-c2ccccc21)C(=O)N[C@@H](CCO)C(=O)O)OCc1ccccc1. The van der Waals surface area contributed by atoms with Crippen molar-refractivity contribution in [2.45, 2.75) is 37.5 Å². The second kappa shape index (κ2) is 13.4. The molecule has 0 radical (unpaired) electrons. The van der Waals surface area contributed by atoms with Gasteiger partial charge < -0.3 is 30.3 Å². The Bertz CT molecular complexity index is 1320. The summed E-state index contributed by atoms with van der Waals surface area (Å²) in [6.45, 7) is -0.545. The minimum absolute atomic E-state index is 0.0189. The number of aliphatic hydroxyl groups excluding tert-OH is 1. The Morgan fingerprint density at radius 2 is 1.38 bits per heavy atom. The lowest BCUT2D eigenvalue weighted by Gasteiger charge is -2.21. The normalized spacial score (nSPS) is 13.3. The standard InChI is InChI=1S/C30H30N2O8/c33-15-14-25(29(36)37)31-28(35)26(16-27(34)39-17-19-8-2-1-3-9-19)32-30(38)40-18-24-22-12-6-4-10-20(22)21-11-5-7-13-23(21)24/h1-13,24-26,33H,14-18H2,(H,31,35)(H,32,38)(H,36,37)/t25-,26-/m0/s1. The predicted molar refractivity (Wildman–Crippen MR) is 144 cm³/mol. The fourth-order valence-electron chi connectivity index (χ4n) is 4.61. The molecule has 208 valence electrons. The maximum absolute atomic E-state index is 12.9. The highest BCUT2D eigenvalue weighted by Gasteiger charge is 2.32. The first-order valence-electron chi connectivity index (χ1n) is 12.8. The first-order chi connectivity index (χ1) is 19.4. The quantitative estimate of drug-likeness (QED) is 0.253. The van der Waals surface area contributed by atoms with Crippen LogP contribution in [0.3, 0.4) is 0 Å². The van der Waals surface area contributed by atoms with Crippen molar-refractivity contribution >= 4 is 23.9 Å². The molecule has 4 rings (SSSR count). The summed E-state index contributed by atoms with van der Waals surface area (Å²) in [6.07, 6.45) is -1.77. The zero-order chi connectivity index (χ0) is 28.5. The summed E-state index contributed by atoms with van der Waals surface area (Å²) in [7, 11) is 0. The number of carbonyl (C=O) groups excluding carboxylic acids is 3. The Kier molecular flexibility index (Phi) is 9.48. The Labute approximate surface area is 230 Å². The van der Waals surface area contributed by atoms with Crippen molar-refractivity contribution in [2.24, 2.45) is 0 Å². The van der Waals surface area contributed by atoms with E-state index >= 15 is 0 Å². The van der Waals surface area contributed by atoms with Gasteiger partial charge in [-0.25, -0.2) is 9.59 Å². The summed E-state index contributed by atoms with van der Waals surface area (Å²) in [4.78, 5) is 49.8. The number of benzene rings is 3. The number of carboxylic acid groups (broad SMARTS) is 1. The molecular weight excluding hydrogens is 516 g/mol. The first-order valence-corrected chi connectivity index (χ1v) is 12.8. The maximum atomic E-state index is 12.9. The van der Waals surface area contributed by atoms with E-state index in [0.29, 0.717) is 0 Å². The molecule has 0 spiro atoms. The number of esters is 1. The third-order valence-electron chi connectivity index (χ3n) is 6.60. The molecule has 1 aliphatic carbocycles. The van der Waals surface area contributed by atoms with Gasteiger partial charge in [0.15, 0.2) is 0 Å². The number of aliphatic carboxylic acids is 1. The summed E-state index contributed by atoms with van der Waals surface area (Å²) in [5, 5.41) is 23.1. The van der Waals surface area contributed by atoms with Crippen molar-refractivity contribution in [1.82, 2.24) is 10.6 Å². The topological polar surface area (TPSA) is 151 Å². The van der Waals surface area contributed by atoms with Crippen LogP contribution in [0.1, 0.15) is 35.4 Å². The average Bonchev–Trinajstić information content (AvgIpc) is 3.28. The van der Waals surface area contributed by atoms with E-state index in [1.165, 1.54) is 0 Å². The van der Waals surface area contributed by atoms with Crippen molar-refractivity contribution in [3.05, 3.63) is 95.6 Å². The van der Waals surface area contributed by atoms with Crippen molar-refractivity contribution in [2.75, 3.05) is 13.2 Å². The zero-order valence-corrected chi connectivity index (χ0v) is 21.6. The predicted octanol–water partition coefficient (Wildman–Crippen LogP) is 2.98. The number of nitrogens with one attached hydrogen (secondary N) is 2. The van der Waals surface area contributed by atoms with Crippen LogP contribution in [0.2, 0.25) is 0 Å². The number of fused-ring (bicyclic) bond motifs is 3. The van der Waals surface area contributed by atoms with E-state index in [2.05, 4.69) is 10.6 Å². The van der Waals surface area contributed by atoms with E-state index in [4.69, 9.17) is 14.6 Å². The number of carbonyl (C=O) groups is 4. The molecule has 0 aromatic heterocycles. The number of aliphatic hydroxyl groups is 1. The molecule has 0 saturated heterocycles. The Balaban J connectivity index is 1.42. The number of hydrogen-bond donors (Lipinski definition) is 4. The van der Waals surface area contributed by atoms with Gasteiger partial charge in [0.2, 0.25) is 5.91 Å². The van der Waals surface area contributed by atoms with Gasteiger partial charge in [0.25, 0.3) is 0 Å². The van der Waals surface area contributed by atoms with E-state index in [9.17, 15) is 24.3 Å². The van der Waals surface area contributed by atoms with Crippen LogP contribution in [-0.2, 0) is 30.5 Å². The Morgan fingerprint density at radius 3 is 1.98 bits per heavy atom. The van der Waals surface area contributed by atoms with Crippen LogP contribution < -0.4 is 10.6 Å². The highest BCUT2D eigenvalue weighted by molar-refractivity contribution is 5.92. The smallest absolute Gasteiger partial charge is 0.407 e. The lowest BCUT2D eigenvalue weighted by atomic mass is 9.98. The molecule has 3 aromatic carbocycles. The van der Waals surface area contributed by atoms with Crippen LogP contribution in [-0.4, -0.2) is 59.4 Å². The van der Waals surface area contributed by atoms with Gasteiger partial charge in [-0.3, -0.25) is 9.59 Å². The molecule has 3 aromatic rings. The van der Waals surface area contributed by atoms with Gasteiger partial charge in [-0.05, 0) is 27.8 Å². The number of ether oxygens (including phenoxy) is 2. The lowest BCUT2D eigenvalue weighted by Crippen LogP contribution is -2.52. The number of carboxylic acids is 1. The summed E-state index contributed by atoms with van der Waals surface area (Å²) in [5.74, 6) is -3.29. The highest BCUT2D eigenvalue weighted by atomic mass is 16.5. The summed E-state index contributed by atoms with van der Waals surface area (Å²) in [5.41, 5.74) is 4.84. The fraction of sp³-hybridized carbons (Fsp3) is 0.267. The molecule has 10 nitrogen and oxygen atoms in total. The molecule has 4 N–H and O–H groups in total. The molecule has 0 unspecified atom stereocenters. The van der Waals surface area contributed by atoms with Crippen LogP contribution in [0.25, 0.3) is 11.1 Å². The second-order valence-electron chi connectivity index (χ2n) is 9.28. The molecular formula is C30H30N2O8. The van der Waals surface area contributed by atoms with E-state index in [1.807, 2.05) is 54.6 Å². The molecule has 40 heavy (non-hydrogen) atoms. The lowest BCUT2D eigenvalue weighted by molar-refractivity contribution is -0.147. The maximum Gasteiger partial charge on any atom is 0.407 e. The minimum Gasteiger partial charge on any atom is -0.480 e. The largest absolute Gasteiger partial charge is 0.480 e. The average molecular weight is 547 g/mol.